The van der Waals surface area contributed by atoms with Crippen LogP contribution in [0.1, 0.15) is 52.9 Å². The minimum atomic E-state index is -0.757. The smallest absolute Gasteiger partial charge is 0.317 e. The number of nitrogens with zero attached hydrogens (tertiary/aromatic N) is 1. The van der Waals surface area contributed by atoms with Crippen molar-refractivity contribution < 1.29 is 14.7 Å². The molecule has 5 nitrogen and oxygen atoms in total. The summed E-state index contributed by atoms with van der Waals surface area (Å²) in [6.07, 6.45) is 3.79. The summed E-state index contributed by atoms with van der Waals surface area (Å²) in [6.45, 7) is 8.24. The first-order chi connectivity index (χ1) is 9.01. The monoisotopic (exact) mass is 272 g/mol. The molecule has 1 atom stereocenters. The molecular formula is C14H28N2O3. The molecule has 0 aliphatic heterocycles. The molecule has 0 aromatic rings. The van der Waals surface area contributed by atoms with Gasteiger partial charge < -0.3 is 15.3 Å². The molecule has 0 spiro atoms. The lowest BCUT2D eigenvalue weighted by molar-refractivity contribution is -0.137. The lowest BCUT2D eigenvalue weighted by atomic mass is 10.0. The van der Waals surface area contributed by atoms with Crippen molar-refractivity contribution in [3.63, 3.8) is 0 Å². The van der Waals surface area contributed by atoms with E-state index >= 15 is 0 Å². The summed E-state index contributed by atoms with van der Waals surface area (Å²) in [5.41, 5.74) is 0. The van der Waals surface area contributed by atoms with Gasteiger partial charge in [0.1, 0.15) is 0 Å². The average Bonchev–Trinajstić information content (AvgIpc) is 2.37. The van der Waals surface area contributed by atoms with Crippen LogP contribution < -0.4 is 5.32 Å². The third-order valence-corrected chi connectivity index (χ3v) is 3.21. The Balaban J connectivity index is 3.79. The molecule has 0 radical (unpaired) electrons. The summed E-state index contributed by atoms with van der Waals surface area (Å²) >= 11 is 0. The number of nitrogens with one attached hydrogen (secondary N) is 1. The molecule has 0 saturated carbocycles. The molecule has 2 amide bonds. The Morgan fingerprint density at radius 3 is 2.47 bits per heavy atom. The number of carbonyl (C=O) groups is 2. The van der Waals surface area contributed by atoms with Crippen molar-refractivity contribution in [2.24, 2.45) is 5.92 Å². The maximum absolute atomic E-state index is 11.8. The minimum Gasteiger partial charge on any atom is -0.481 e. The minimum absolute atomic E-state index is 0.0126. The second kappa shape index (κ2) is 10.6. The van der Waals surface area contributed by atoms with Crippen LogP contribution in [0.4, 0.5) is 4.79 Å². The number of unbranched alkanes of at least 4 members (excludes halogenated alkanes) is 1. The molecule has 2 N–H and O–H groups in total. The topological polar surface area (TPSA) is 69.6 Å². The van der Waals surface area contributed by atoms with Crippen LogP contribution in [0.5, 0.6) is 0 Å². The van der Waals surface area contributed by atoms with Gasteiger partial charge in [0.25, 0.3) is 0 Å². The van der Waals surface area contributed by atoms with Crippen molar-refractivity contribution in [3.8, 4) is 0 Å². The maximum atomic E-state index is 11.8. The van der Waals surface area contributed by atoms with Gasteiger partial charge in [-0.1, -0.05) is 20.3 Å². The van der Waals surface area contributed by atoms with Crippen LogP contribution in [-0.4, -0.2) is 41.6 Å². The molecule has 0 bridgehead atoms. The maximum Gasteiger partial charge on any atom is 0.317 e. The summed E-state index contributed by atoms with van der Waals surface area (Å²) in [5.74, 6) is -0.435. The van der Waals surface area contributed by atoms with Crippen LogP contribution in [0.2, 0.25) is 0 Å². The highest BCUT2D eigenvalue weighted by Gasteiger charge is 2.11. The van der Waals surface area contributed by atoms with E-state index in [1.54, 1.807) is 0 Å². The Morgan fingerprint density at radius 1 is 1.26 bits per heavy atom. The lowest BCUT2D eigenvalue weighted by Crippen LogP contribution is -2.41. The molecule has 0 aliphatic carbocycles. The van der Waals surface area contributed by atoms with Gasteiger partial charge in [-0.05, 0) is 32.1 Å². The molecule has 1 unspecified atom stereocenters. The second-order valence-electron chi connectivity index (χ2n) is 4.99. The number of carboxylic acids is 1. The molecule has 0 aliphatic rings. The number of rotatable bonds is 10. The van der Waals surface area contributed by atoms with E-state index in [2.05, 4.69) is 12.2 Å². The fourth-order valence-electron chi connectivity index (χ4n) is 1.80. The van der Waals surface area contributed by atoms with Crippen LogP contribution in [0, 0.1) is 5.92 Å². The van der Waals surface area contributed by atoms with Crippen LogP contribution in [0.3, 0.4) is 0 Å². The molecule has 0 aromatic heterocycles. The van der Waals surface area contributed by atoms with Crippen LogP contribution in [0.25, 0.3) is 0 Å². The quantitative estimate of drug-likeness (QED) is 0.642. The summed E-state index contributed by atoms with van der Waals surface area (Å²) < 4.78 is 0. The highest BCUT2D eigenvalue weighted by Crippen LogP contribution is 2.09. The molecule has 0 fully saturated rings. The van der Waals surface area contributed by atoms with E-state index in [1.165, 1.54) is 0 Å². The highest BCUT2D eigenvalue weighted by molar-refractivity contribution is 5.74. The fraction of sp³-hybridized carbons (Fsp3) is 0.857. The molecule has 112 valence electrons. The third-order valence-electron chi connectivity index (χ3n) is 3.21. The van der Waals surface area contributed by atoms with Crippen molar-refractivity contribution >= 4 is 12.0 Å². The van der Waals surface area contributed by atoms with Gasteiger partial charge >= 0.3 is 12.0 Å². The van der Waals surface area contributed by atoms with E-state index in [4.69, 9.17) is 5.11 Å². The number of carboxylic acid groups (broad SMARTS) is 1. The molecule has 0 rings (SSSR count). The molecule has 19 heavy (non-hydrogen) atoms. The Hall–Kier alpha value is -1.26. The Labute approximate surface area is 116 Å². The van der Waals surface area contributed by atoms with E-state index in [0.29, 0.717) is 18.9 Å². The molecule has 0 saturated heterocycles. The van der Waals surface area contributed by atoms with E-state index in [0.717, 1.165) is 32.4 Å². The summed E-state index contributed by atoms with van der Waals surface area (Å²) in [6, 6.07) is -0.0126. The van der Waals surface area contributed by atoms with Gasteiger partial charge in [0.15, 0.2) is 0 Å². The standard InChI is InChI=1S/C14H28N2O3/c1-4-6-11-16(5-2)14(19)15-10-9-12(3)7-8-13(17)18/h12H,4-11H2,1-3H3,(H,15,19)(H,17,18). The normalized spacial score (nSPS) is 11.9. The fourth-order valence-corrected chi connectivity index (χ4v) is 1.80. The van der Waals surface area contributed by atoms with Gasteiger partial charge in [0.05, 0.1) is 0 Å². The van der Waals surface area contributed by atoms with Crippen molar-refractivity contribution in [1.82, 2.24) is 10.2 Å². The van der Waals surface area contributed by atoms with E-state index in [9.17, 15) is 9.59 Å². The third kappa shape index (κ3) is 9.33. The zero-order valence-corrected chi connectivity index (χ0v) is 12.4. The predicted molar refractivity (Wildman–Crippen MR) is 76.2 cm³/mol. The first-order valence-electron chi connectivity index (χ1n) is 7.25. The average molecular weight is 272 g/mol. The van der Waals surface area contributed by atoms with Gasteiger partial charge in [-0.25, -0.2) is 4.79 Å². The number of aliphatic carboxylic acids is 1. The van der Waals surface area contributed by atoms with Crippen molar-refractivity contribution in [2.45, 2.75) is 52.9 Å². The summed E-state index contributed by atoms with van der Waals surface area (Å²) in [7, 11) is 0. The molecule has 0 aromatic carbocycles. The van der Waals surface area contributed by atoms with Gasteiger partial charge in [-0.15, -0.1) is 0 Å². The number of carbonyl (C=O) groups excluding carboxylic acids is 1. The van der Waals surface area contributed by atoms with Gasteiger partial charge in [0, 0.05) is 26.1 Å². The number of hydrogen-bond donors (Lipinski definition) is 2. The van der Waals surface area contributed by atoms with Gasteiger partial charge in [-0.3, -0.25) is 4.79 Å². The Kier molecular flexibility index (Phi) is 9.94. The predicted octanol–water partition coefficient (Wildman–Crippen LogP) is 2.71. The number of amides is 2. The molecule has 0 heterocycles. The van der Waals surface area contributed by atoms with Gasteiger partial charge in [-0.2, -0.15) is 0 Å². The van der Waals surface area contributed by atoms with Crippen LogP contribution in [0.15, 0.2) is 0 Å². The van der Waals surface area contributed by atoms with Crippen molar-refractivity contribution in [1.29, 1.82) is 0 Å². The van der Waals surface area contributed by atoms with Crippen LogP contribution >= 0.6 is 0 Å². The summed E-state index contributed by atoms with van der Waals surface area (Å²) in [4.78, 5) is 24.1. The number of hydrogen-bond acceptors (Lipinski definition) is 2. The largest absolute Gasteiger partial charge is 0.481 e. The van der Waals surface area contributed by atoms with Crippen molar-refractivity contribution in [3.05, 3.63) is 0 Å². The second-order valence-corrected chi connectivity index (χ2v) is 4.99. The van der Waals surface area contributed by atoms with Crippen molar-refractivity contribution in [2.75, 3.05) is 19.6 Å². The SMILES string of the molecule is CCCCN(CC)C(=O)NCCC(C)CCC(=O)O. The number of urea groups is 1. The first-order valence-corrected chi connectivity index (χ1v) is 7.25. The molecule has 5 heteroatoms. The van der Waals surface area contributed by atoms with E-state index in [1.807, 2.05) is 18.7 Å². The van der Waals surface area contributed by atoms with Gasteiger partial charge in [0.2, 0.25) is 0 Å². The van der Waals surface area contributed by atoms with Crippen LogP contribution in [-0.2, 0) is 4.79 Å². The lowest BCUT2D eigenvalue weighted by Gasteiger charge is -2.21. The zero-order chi connectivity index (χ0) is 14.7. The highest BCUT2D eigenvalue weighted by atomic mass is 16.4. The Bertz CT molecular complexity index is 269. The Morgan fingerprint density at radius 2 is 1.95 bits per heavy atom. The zero-order valence-electron chi connectivity index (χ0n) is 12.4. The first kappa shape index (κ1) is 17.7. The van der Waals surface area contributed by atoms with E-state index in [-0.39, 0.29) is 12.5 Å². The summed E-state index contributed by atoms with van der Waals surface area (Å²) in [5, 5.41) is 11.5. The molecular weight excluding hydrogens is 244 g/mol. The van der Waals surface area contributed by atoms with E-state index < -0.39 is 5.97 Å².